The maximum Gasteiger partial charge on any atom is 0.350 e. The second-order valence-corrected chi connectivity index (χ2v) is 10.3. The maximum atomic E-state index is 13.3. The first-order chi connectivity index (χ1) is 15.7. The third-order valence-corrected chi connectivity index (χ3v) is 7.67. The highest BCUT2D eigenvalue weighted by Crippen LogP contribution is 2.53. The van der Waals surface area contributed by atoms with E-state index < -0.39 is 5.60 Å². The molecule has 0 fully saturated rings. The fourth-order valence-electron chi connectivity index (χ4n) is 4.80. The zero-order chi connectivity index (χ0) is 23.5. The summed E-state index contributed by atoms with van der Waals surface area (Å²) in [6.45, 7) is 4.19. The number of anilines is 2. The Balaban J connectivity index is 1.86. The van der Waals surface area contributed by atoms with Gasteiger partial charge in [0, 0.05) is 66.3 Å². The molecule has 0 radical (unpaired) electrons. The molecule has 0 bridgehead atoms. The van der Waals surface area contributed by atoms with Crippen LogP contribution < -0.4 is 9.80 Å². The minimum Gasteiger partial charge on any atom is -0.440 e. The summed E-state index contributed by atoms with van der Waals surface area (Å²) in [5.41, 5.74) is 6.41. The van der Waals surface area contributed by atoms with Crippen LogP contribution in [-0.2, 0) is 10.3 Å². The van der Waals surface area contributed by atoms with Gasteiger partial charge in [-0.25, -0.2) is 4.79 Å². The first kappa shape index (κ1) is 21.5. The van der Waals surface area contributed by atoms with Gasteiger partial charge in [-0.15, -0.1) is 11.3 Å². The minimum atomic E-state index is -0.988. The van der Waals surface area contributed by atoms with Gasteiger partial charge in [0.2, 0.25) is 0 Å². The monoisotopic (exact) mass is 456 g/mol. The van der Waals surface area contributed by atoms with Crippen LogP contribution in [0, 0.1) is 13.8 Å². The topological polar surface area (TPSA) is 32.8 Å². The van der Waals surface area contributed by atoms with Gasteiger partial charge in [0.15, 0.2) is 5.60 Å². The number of nitrogens with zero attached hydrogens (tertiary/aromatic N) is 2. The molecular weight excluding hydrogens is 428 g/mol. The molecule has 0 aliphatic carbocycles. The van der Waals surface area contributed by atoms with Gasteiger partial charge < -0.3 is 14.5 Å². The van der Waals surface area contributed by atoms with Crippen molar-refractivity contribution in [1.29, 1.82) is 0 Å². The Kier molecular flexibility index (Phi) is 4.98. The number of carbonyl (C=O) groups excluding carboxylic acids is 1. The lowest BCUT2D eigenvalue weighted by Gasteiger charge is -2.32. The van der Waals surface area contributed by atoms with Crippen molar-refractivity contribution in [2.45, 2.75) is 19.4 Å². The molecule has 0 saturated heterocycles. The summed E-state index contributed by atoms with van der Waals surface area (Å²) in [6, 6.07) is 21.1. The standard InChI is InChI=1S/C28H28N2O2S/c1-17-7-14-24-22(15-17)25-26(33-24)27(31)32-28(25,19-8-10-20(11-9-19)29(3)4)23-13-12-21(30(5)6)16-18(23)2/h7-16H,1-6H3. The van der Waals surface area contributed by atoms with Crippen LogP contribution in [-0.4, -0.2) is 34.2 Å². The highest BCUT2D eigenvalue weighted by atomic mass is 32.1. The summed E-state index contributed by atoms with van der Waals surface area (Å²) in [7, 11) is 8.12. The SMILES string of the molecule is Cc1ccc2sc3c(c2c1)C(c1ccc(N(C)C)cc1)(c1ccc(N(C)C)cc1C)OC3=O. The van der Waals surface area contributed by atoms with Gasteiger partial charge in [0.05, 0.1) is 0 Å². The Morgan fingerprint density at radius 2 is 1.48 bits per heavy atom. The number of hydrogen-bond donors (Lipinski definition) is 0. The molecule has 3 aromatic carbocycles. The largest absolute Gasteiger partial charge is 0.440 e. The molecule has 1 aliphatic rings. The summed E-state index contributed by atoms with van der Waals surface area (Å²) >= 11 is 1.53. The molecule has 1 atom stereocenters. The van der Waals surface area contributed by atoms with Gasteiger partial charge in [-0.2, -0.15) is 0 Å². The number of hydrogen-bond acceptors (Lipinski definition) is 5. The highest BCUT2D eigenvalue weighted by Gasteiger charge is 2.51. The molecule has 1 unspecified atom stereocenters. The van der Waals surface area contributed by atoms with E-state index in [2.05, 4.69) is 84.3 Å². The van der Waals surface area contributed by atoms with Crippen molar-refractivity contribution in [1.82, 2.24) is 0 Å². The number of aryl methyl sites for hydroxylation is 2. The number of thiophene rings is 1. The molecule has 5 heteroatoms. The van der Waals surface area contributed by atoms with E-state index in [1.165, 1.54) is 16.9 Å². The summed E-state index contributed by atoms with van der Waals surface area (Å²) in [5, 5.41) is 1.09. The molecular formula is C28H28N2O2S. The van der Waals surface area contributed by atoms with Crippen LogP contribution in [0.1, 0.15) is 37.5 Å². The number of cyclic esters (lactones) is 1. The zero-order valence-electron chi connectivity index (χ0n) is 19.9. The second-order valence-electron chi connectivity index (χ2n) is 9.21. The van der Waals surface area contributed by atoms with Crippen LogP contribution in [0.2, 0.25) is 0 Å². The van der Waals surface area contributed by atoms with Crippen LogP contribution in [0.15, 0.2) is 60.7 Å². The summed E-state index contributed by atoms with van der Waals surface area (Å²) in [4.78, 5) is 18.2. The van der Waals surface area contributed by atoms with E-state index in [4.69, 9.17) is 4.74 Å². The molecule has 4 nitrogen and oxygen atoms in total. The van der Waals surface area contributed by atoms with E-state index in [9.17, 15) is 4.79 Å². The molecule has 1 aromatic heterocycles. The molecule has 0 N–H and O–H groups in total. The summed E-state index contributed by atoms with van der Waals surface area (Å²) < 4.78 is 7.52. The number of carbonyl (C=O) groups is 1. The normalized spacial score (nSPS) is 17.2. The van der Waals surface area contributed by atoms with Crippen molar-refractivity contribution in [2.75, 3.05) is 38.0 Å². The van der Waals surface area contributed by atoms with Crippen LogP contribution >= 0.6 is 11.3 Å². The lowest BCUT2D eigenvalue weighted by atomic mass is 9.78. The average Bonchev–Trinajstić information content (AvgIpc) is 3.30. The third-order valence-electron chi connectivity index (χ3n) is 6.52. The summed E-state index contributed by atoms with van der Waals surface area (Å²) in [6.07, 6.45) is 0. The fourth-order valence-corrected chi connectivity index (χ4v) is 5.91. The first-order valence-electron chi connectivity index (χ1n) is 11.1. The molecule has 33 heavy (non-hydrogen) atoms. The Hall–Kier alpha value is -3.31. The van der Waals surface area contributed by atoms with Crippen LogP contribution in [0.4, 0.5) is 11.4 Å². The van der Waals surface area contributed by atoms with Gasteiger partial charge in [0.1, 0.15) is 4.88 Å². The van der Waals surface area contributed by atoms with Gasteiger partial charge in [-0.05, 0) is 49.7 Å². The van der Waals surface area contributed by atoms with E-state index >= 15 is 0 Å². The Labute approximate surface area is 199 Å². The molecule has 1 aliphatic heterocycles. The van der Waals surface area contributed by atoms with E-state index in [1.807, 2.05) is 28.2 Å². The van der Waals surface area contributed by atoms with E-state index in [-0.39, 0.29) is 5.97 Å². The molecule has 4 aromatic rings. The number of rotatable bonds is 4. The number of fused-ring (bicyclic) bond motifs is 3. The Morgan fingerprint density at radius 3 is 2.12 bits per heavy atom. The van der Waals surface area contributed by atoms with Crippen LogP contribution in [0.5, 0.6) is 0 Å². The number of benzene rings is 3. The lowest BCUT2D eigenvalue weighted by molar-refractivity contribution is 0.0254. The first-order valence-corrected chi connectivity index (χ1v) is 11.9. The summed E-state index contributed by atoms with van der Waals surface area (Å²) in [5.74, 6) is -0.253. The second kappa shape index (κ2) is 7.63. The maximum absolute atomic E-state index is 13.3. The quantitative estimate of drug-likeness (QED) is 0.347. The zero-order valence-corrected chi connectivity index (χ0v) is 20.7. The van der Waals surface area contributed by atoms with Crippen molar-refractivity contribution in [3.05, 3.63) is 93.4 Å². The fraction of sp³-hybridized carbons (Fsp3) is 0.250. The molecule has 0 saturated carbocycles. The molecule has 5 rings (SSSR count). The minimum absolute atomic E-state index is 0.253. The average molecular weight is 457 g/mol. The van der Waals surface area contributed by atoms with E-state index in [0.29, 0.717) is 4.88 Å². The molecule has 2 heterocycles. The van der Waals surface area contributed by atoms with Crippen molar-refractivity contribution in [2.24, 2.45) is 0 Å². The van der Waals surface area contributed by atoms with E-state index in [1.54, 1.807) is 0 Å². The number of esters is 1. The van der Waals surface area contributed by atoms with Crippen molar-refractivity contribution < 1.29 is 9.53 Å². The van der Waals surface area contributed by atoms with Gasteiger partial charge in [-0.1, -0.05) is 35.9 Å². The van der Waals surface area contributed by atoms with Gasteiger partial charge >= 0.3 is 5.97 Å². The predicted octanol–water partition coefficient (Wildman–Crippen LogP) is 6.11. The lowest BCUT2D eigenvalue weighted by Crippen LogP contribution is -2.31. The van der Waals surface area contributed by atoms with Crippen molar-refractivity contribution in [3.8, 4) is 0 Å². The molecule has 168 valence electrons. The Morgan fingerprint density at radius 1 is 0.818 bits per heavy atom. The predicted molar refractivity (Wildman–Crippen MR) is 138 cm³/mol. The van der Waals surface area contributed by atoms with Gasteiger partial charge in [-0.3, -0.25) is 0 Å². The third kappa shape index (κ3) is 3.22. The number of ether oxygens (including phenoxy) is 1. The van der Waals surface area contributed by atoms with Crippen molar-refractivity contribution in [3.63, 3.8) is 0 Å². The van der Waals surface area contributed by atoms with Crippen LogP contribution in [0.25, 0.3) is 10.1 Å². The van der Waals surface area contributed by atoms with E-state index in [0.717, 1.165) is 43.7 Å². The molecule has 0 amide bonds. The van der Waals surface area contributed by atoms with Gasteiger partial charge in [0.25, 0.3) is 0 Å². The highest BCUT2D eigenvalue weighted by molar-refractivity contribution is 7.21. The van der Waals surface area contributed by atoms with Crippen LogP contribution in [0.3, 0.4) is 0 Å². The smallest absolute Gasteiger partial charge is 0.350 e. The van der Waals surface area contributed by atoms with Crippen molar-refractivity contribution >= 4 is 38.8 Å². The molecule has 0 spiro atoms. The Bertz CT molecular complexity index is 1390.